The molecule has 3 heteroatoms. The molecule has 0 saturated carbocycles. The first-order chi connectivity index (χ1) is 8.47. The molecule has 3 nitrogen and oxygen atoms in total. The van der Waals surface area contributed by atoms with Crippen LogP contribution in [0.1, 0.15) is 25.1 Å². The van der Waals surface area contributed by atoms with Crippen molar-refractivity contribution in [1.82, 2.24) is 4.98 Å². The van der Waals surface area contributed by atoms with Gasteiger partial charge >= 0.3 is 0 Å². The highest BCUT2D eigenvalue weighted by Gasteiger charge is 2.22. The molecule has 2 rings (SSSR count). The van der Waals surface area contributed by atoms with E-state index >= 15 is 0 Å². The Bertz CT molecular complexity index is 576. The van der Waals surface area contributed by atoms with Crippen LogP contribution in [-0.4, -0.2) is 18.6 Å². The summed E-state index contributed by atoms with van der Waals surface area (Å²) >= 11 is 0. The zero-order chi connectivity index (χ0) is 13.3. The molecular weight excluding hydrogens is 224 g/mol. The van der Waals surface area contributed by atoms with Crippen molar-refractivity contribution in [2.45, 2.75) is 26.2 Å². The van der Waals surface area contributed by atoms with Crippen molar-refractivity contribution in [1.29, 1.82) is 0 Å². The molecule has 1 aromatic carbocycles. The molecule has 2 aromatic rings. The fourth-order valence-electron chi connectivity index (χ4n) is 2.16. The predicted octanol–water partition coefficient (Wildman–Crippen LogP) is 2.79. The standard InChI is InChI=1S/C15H20N2O/c1-10-7-11-5-6-12(18-4)8-13(11)17-14(10)15(2,3)9-16/h5-8H,9,16H2,1-4H3. The molecule has 0 radical (unpaired) electrons. The number of nitrogens with zero attached hydrogens (tertiary/aromatic N) is 1. The summed E-state index contributed by atoms with van der Waals surface area (Å²) in [5.74, 6) is 0.829. The second kappa shape index (κ2) is 4.58. The molecule has 0 spiro atoms. The molecule has 0 aliphatic carbocycles. The summed E-state index contributed by atoms with van der Waals surface area (Å²) < 4.78 is 5.24. The Morgan fingerprint density at radius 1 is 1.28 bits per heavy atom. The van der Waals surface area contributed by atoms with E-state index < -0.39 is 0 Å². The van der Waals surface area contributed by atoms with E-state index in [1.807, 2.05) is 18.2 Å². The average molecular weight is 244 g/mol. The molecule has 0 saturated heterocycles. The summed E-state index contributed by atoms with van der Waals surface area (Å²) in [6.45, 7) is 6.91. The van der Waals surface area contributed by atoms with Gasteiger partial charge in [0, 0.05) is 23.4 Å². The monoisotopic (exact) mass is 244 g/mol. The molecule has 1 aromatic heterocycles. The zero-order valence-corrected chi connectivity index (χ0v) is 11.4. The SMILES string of the molecule is COc1ccc2cc(C)c(C(C)(C)CN)nc2c1. The van der Waals surface area contributed by atoms with Gasteiger partial charge in [-0.2, -0.15) is 0 Å². The molecule has 0 atom stereocenters. The van der Waals surface area contributed by atoms with Crippen molar-refractivity contribution in [3.8, 4) is 5.75 Å². The lowest BCUT2D eigenvalue weighted by Crippen LogP contribution is -2.30. The summed E-state index contributed by atoms with van der Waals surface area (Å²) in [4.78, 5) is 4.77. The first-order valence-corrected chi connectivity index (χ1v) is 6.14. The molecule has 0 amide bonds. The fraction of sp³-hybridized carbons (Fsp3) is 0.400. The second-order valence-electron chi connectivity index (χ2n) is 5.30. The Balaban J connectivity index is 2.65. The van der Waals surface area contributed by atoms with Crippen LogP contribution in [0.25, 0.3) is 10.9 Å². The van der Waals surface area contributed by atoms with Crippen molar-refractivity contribution in [3.63, 3.8) is 0 Å². The Hall–Kier alpha value is -1.61. The molecule has 0 unspecified atom stereocenters. The lowest BCUT2D eigenvalue weighted by molar-refractivity contribution is 0.415. The average Bonchev–Trinajstić information content (AvgIpc) is 2.37. The highest BCUT2D eigenvalue weighted by atomic mass is 16.5. The van der Waals surface area contributed by atoms with Crippen LogP contribution in [0.3, 0.4) is 0 Å². The number of fused-ring (bicyclic) bond motifs is 1. The van der Waals surface area contributed by atoms with E-state index in [9.17, 15) is 0 Å². The minimum atomic E-state index is -0.110. The summed E-state index contributed by atoms with van der Waals surface area (Å²) in [5, 5.41) is 1.13. The predicted molar refractivity (Wildman–Crippen MR) is 75.1 cm³/mol. The third-order valence-electron chi connectivity index (χ3n) is 3.37. The Morgan fingerprint density at radius 3 is 2.61 bits per heavy atom. The quantitative estimate of drug-likeness (QED) is 0.903. The third kappa shape index (κ3) is 2.18. The van der Waals surface area contributed by atoms with E-state index in [1.165, 1.54) is 5.56 Å². The smallest absolute Gasteiger partial charge is 0.121 e. The molecule has 0 fully saturated rings. The van der Waals surface area contributed by atoms with Crippen molar-refractivity contribution in [3.05, 3.63) is 35.5 Å². The molecular formula is C15H20N2O. The van der Waals surface area contributed by atoms with Crippen LogP contribution in [-0.2, 0) is 5.41 Å². The zero-order valence-electron chi connectivity index (χ0n) is 11.4. The number of methoxy groups -OCH3 is 1. The van der Waals surface area contributed by atoms with Crippen molar-refractivity contribution in [2.75, 3.05) is 13.7 Å². The van der Waals surface area contributed by atoms with E-state index in [4.69, 9.17) is 15.5 Å². The number of hydrogen-bond donors (Lipinski definition) is 1. The molecule has 1 heterocycles. The van der Waals surface area contributed by atoms with Crippen LogP contribution in [0.4, 0.5) is 0 Å². The number of nitrogens with two attached hydrogens (primary N) is 1. The molecule has 0 bridgehead atoms. The maximum atomic E-state index is 5.84. The maximum Gasteiger partial charge on any atom is 0.121 e. The van der Waals surface area contributed by atoms with Gasteiger partial charge in [-0.25, -0.2) is 0 Å². The number of benzene rings is 1. The number of ether oxygens (including phenoxy) is 1. The highest BCUT2D eigenvalue weighted by molar-refractivity contribution is 5.81. The summed E-state index contributed by atoms with van der Waals surface area (Å²) in [7, 11) is 1.67. The number of aromatic nitrogens is 1. The summed E-state index contributed by atoms with van der Waals surface area (Å²) in [5.41, 5.74) is 8.93. The normalized spacial score (nSPS) is 11.8. The van der Waals surface area contributed by atoms with Gasteiger partial charge in [-0.15, -0.1) is 0 Å². The largest absolute Gasteiger partial charge is 0.497 e. The van der Waals surface area contributed by atoms with E-state index in [2.05, 4.69) is 26.8 Å². The Labute approximate surface area is 108 Å². The van der Waals surface area contributed by atoms with Gasteiger partial charge in [0.2, 0.25) is 0 Å². The Morgan fingerprint density at radius 2 is 2.00 bits per heavy atom. The van der Waals surface area contributed by atoms with Crippen LogP contribution in [0, 0.1) is 6.92 Å². The Kier molecular flexibility index (Phi) is 3.26. The fourth-order valence-corrected chi connectivity index (χ4v) is 2.16. The second-order valence-corrected chi connectivity index (χ2v) is 5.30. The molecule has 0 aliphatic heterocycles. The first-order valence-electron chi connectivity index (χ1n) is 6.14. The van der Waals surface area contributed by atoms with Gasteiger partial charge in [0.15, 0.2) is 0 Å². The molecule has 0 aliphatic rings. The maximum absolute atomic E-state index is 5.84. The number of hydrogen-bond acceptors (Lipinski definition) is 3. The van der Waals surface area contributed by atoms with Crippen molar-refractivity contribution < 1.29 is 4.74 Å². The number of aryl methyl sites for hydroxylation is 1. The van der Waals surface area contributed by atoms with Gasteiger partial charge in [-0.3, -0.25) is 4.98 Å². The van der Waals surface area contributed by atoms with E-state index in [0.717, 1.165) is 22.3 Å². The third-order valence-corrected chi connectivity index (χ3v) is 3.37. The van der Waals surface area contributed by atoms with Crippen LogP contribution in [0.5, 0.6) is 5.75 Å². The van der Waals surface area contributed by atoms with Gasteiger partial charge in [-0.1, -0.05) is 13.8 Å². The van der Waals surface area contributed by atoms with Crippen LogP contribution >= 0.6 is 0 Å². The first kappa shape index (κ1) is 12.8. The summed E-state index contributed by atoms with van der Waals surface area (Å²) in [6.07, 6.45) is 0. The van der Waals surface area contributed by atoms with Gasteiger partial charge in [0.1, 0.15) is 5.75 Å². The molecule has 96 valence electrons. The minimum Gasteiger partial charge on any atom is -0.497 e. The lowest BCUT2D eigenvalue weighted by Gasteiger charge is -2.24. The van der Waals surface area contributed by atoms with E-state index in [0.29, 0.717) is 6.54 Å². The van der Waals surface area contributed by atoms with Crippen LogP contribution in [0.15, 0.2) is 24.3 Å². The van der Waals surface area contributed by atoms with Crippen LogP contribution in [0.2, 0.25) is 0 Å². The van der Waals surface area contributed by atoms with Gasteiger partial charge < -0.3 is 10.5 Å². The van der Waals surface area contributed by atoms with Gasteiger partial charge in [-0.05, 0) is 30.7 Å². The van der Waals surface area contributed by atoms with Gasteiger partial charge in [0.25, 0.3) is 0 Å². The highest BCUT2D eigenvalue weighted by Crippen LogP contribution is 2.28. The molecule has 18 heavy (non-hydrogen) atoms. The number of rotatable bonds is 3. The van der Waals surface area contributed by atoms with E-state index in [-0.39, 0.29) is 5.41 Å². The van der Waals surface area contributed by atoms with Gasteiger partial charge in [0.05, 0.1) is 18.3 Å². The van der Waals surface area contributed by atoms with E-state index in [1.54, 1.807) is 7.11 Å². The number of pyridine rings is 1. The molecule has 2 N–H and O–H groups in total. The van der Waals surface area contributed by atoms with Crippen molar-refractivity contribution >= 4 is 10.9 Å². The minimum absolute atomic E-state index is 0.110. The van der Waals surface area contributed by atoms with Crippen LogP contribution < -0.4 is 10.5 Å². The topological polar surface area (TPSA) is 48.1 Å². The van der Waals surface area contributed by atoms with Crippen molar-refractivity contribution in [2.24, 2.45) is 5.73 Å². The summed E-state index contributed by atoms with van der Waals surface area (Å²) in [6, 6.07) is 8.12. The lowest BCUT2D eigenvalue weighted by atomic mass is 9.86.